The molecule has 1 amide bonds. The smallest absolute Gasteiger partial charge is 0.438 e. The summed E-state index contributed by atoms with van der Waals surface area (Å²) in [6.07, 6.45) is -1.40. The minimum absolute atomic E-state index is 0.0509. The van der Waals surface area contributed by atoms with E-state index in [0.717, 1.165) is 6.26 Å². The third-order valence-electron chi connectivity index (χ3n) is 2.36. The van der Waals surface area contributed by atoms with Gasteiger partial charge in [-0.05, 0) is 0 Å². The molecule has 0 aliphatic carbocycles. The highest BCUT2D eigenvalue weighted by Crippen LogP contribution is 2.22. The number of nitrogens with zero attached hydrogens (tertiary/aromatic N) is 1. The van der Waals surface area contributed by atoms with Gasteiger partial charge in [0, 0.05) is 5.92 Å². The van der Waals surface area contributed by atoms with Crippen molar-refractivity contribution >= 4 is 26.0 Å². The Hall–Kier alpha value is -0.870. The number of hydrogen-bond donors (Lipinski definition) is 1. The van der Waals surface area contributed by atoms with Crippen LogP contribution in [0.3, 0.4) is 0 Å². The van der Waals surface area contributed by atoms with Crippen molar-refractivity contribution in [2.45, 2.75) is 13.0 Å². The van der Waals surface area contributed by atoms with Gasteiger partial charge in [0.05, 0.1) is 17.8 Å². The van der Waals surface area contributed by atoms with Crippen LogP contribution in [0.25, 0.3) is 0 Å². The summed E-state index contributed by atoms with van der Waals surface area (Å²) in [7, 11) is -7.14. The van der Waals surface area contributed by atoms with Crippen LogP contribution in [0.15, 0.2) is 0 Å². The van der Waals surface area contributed by atoms with Crippen molar-refractivity contribution in [2.24, 2.45) is 11.8 Å². The number of sulfone groups is 1. The number of hydrogen-bond acceptors (Lipinski definition) is 7. The average molecular weight is 286 g/mol. The largest absolute Gasteiger partial charge is 0.443 e. The molecule has 0 saturated carbocycles. The van der Waals surface area contributed by atoms with Gasteiger partial charge in [-0.2, -0.15) is 0 Å². The first-order chi connectivity index (χ1) is 7.53. The Kier molecular flexibility index (Phi) is 3.69. The summed E-state index contributed by atoms with van der Waals surface area (Å²) in [5.41, 5.74) is 0. The topological polar surface area (TPSA) is 124 Å². The molecule has 1 rings (SSSR count). The van der Waals surface area contributed by atoms with Gasteiger partial charge in [-0.15, -0.1) is 4.41 Å². The number of carbonyl (C=O) groups is 1. The summed E-state index contributed by atoms with van der Waals surface area (Å²) in [5, 5.41) is 0. The van der Waals surface area contributed by atoms with Gasteiger partial charge < -0.3 is 4.74 Å². The minimum Gasteiger partial charge on any atom is -0.443 e. The zero-order valence-electron chi connectivity index (χ0n) is 9.36. The lowest BCUT2D eigenvalue weighted by Gasteiger charge is -2.19. The second-order valence-corrected chi connectivity index (χ2v) is 8.05. The van der Waals surface area contributed by atoms with Crippen molar-refractivity contribution in [3.05, 3.63) is 0 Å². The standard InChI is InChI=1S/C7H14N2O6S2/c1-5-3-17(13,14)4-6(5)15-7(10)9(8)16(2,11)12/h5-6H,3-4,8H2,1-2H3. The molecule has 2 N–H and O–H groups in total. The third kappa shape index (κ3) is 3.54. The molecule has 0 bridgehead atoms. The van der Waals surface area contributed by atoms with Gasteiger partial charge in [-0.25, -0.2) is 27.5 Å². The molecule has 2 atom stereocenters. The van der Waals surface area contributed by atoms with Gasteiger partial charge >= 0.3 is 6.09 Å². The Morgan fingerprint density at radius 3 is 2.29 bits per heavy atom. The van der Waals surface area contributed by atoms with Gasteiger partial charge in [-0.1, -0.05) is 6.92 Å². The van der Waals surface area contributed by atoms with Crippen molar-refractivity contribution in [1.29, 1.82) is 0 Å². The number of rotatable bonds is 2. The molecule has 0 aromatic rings. The fourth-order valence-electron chi connectivity index (χ4n) is 1.46. The number of hydrazine groups is 1. The van der Waals surface area contributed by atoms with E-state index in [4.69, 9.17) is 10.6 Å². The van der Waals surface area contributed by atoms with Crippen LogP contribution in [0.5, 0.6) is 0 Å². The van der Waals surface area contributed by atoms with E-state index in [-0.39, 0.29) is 21.8 Å². The molecule has 2 unspecified atom stereocenters. The van der Waals surface area contributed by atoms with Crippen molar-refractivity contribution in [1.82, 2.24) is 4.41 Å². The second kappa shape index (κ2) is 4.42. The molecule has 0 aromatic heterocycles. The monoisotopic (exact) mass is 286 g/mol. The van der Waals surface area contributed by atoms with Crippen molar-refractivity contribution < 1.29 is 26.4 Å². The Bertz CT molecular complexity index is 510. The van der Waals surface area contributed by atoms with Crippen LogP contribution in [-0.2, 0) is 24.6 Å². The molecule has 0 aromatic carbocycles. The van der Waals surface area contributed by atoms with E-state index in [1.165, 1.54) is 0 Å². The van der Waals surface area contributed by atoms with Gasteiger partial charge in [0.25, 0.3) is 10.0 Å². The molecule has 1 fully saturated rings. The first-order valence-electron chi connectivity index (χ1n) is 4.69. The Labute approximate surface area is 99.7 Å². The first-order valence-corrected chi connectivity index (χ1v) is 8.36. The summed E-state index contributed by atoms with van der Waals surface area (Å²) in [5.74, 6) is 4.23. The fraction of sp³-hybridized carbons (Fsp3) is 0.857. The molecule has 0 radical (unpaired) electrons. The van der Waals surface area contributed by atoms with E-state index in [1.54, 1.807) is 6.92 Å². The van der Waals surface area contributed by atoms with Crippen LogP contribution < -0.4 is 5.84 Å². The molecule has 10 heteroatoms. The molecule has 1 aliphatic rings. The summed E-state index contributed by atoms with van der Waals surface area (Å²) in [6.45, 7) is 1.60. The van der Waals surface area contributed by atoms with E-state index >= 15 is 0 Å². The lowest BCUT2D eigenvalue weighted by molar-refractivity contribution is 0.0739. The maximum Gasteiger partial charge on any atom is 0.438 e. The zero-order valence-corrected chi connectivity index (χ0v) is 11.0. The van der Waals surface area contributed by atoms with Crippen LogP contribution in [0, 0.1) is 5.92 Å². The number of carbonyl (C=O) groups excluding carboxylic acids is 1. The van der Waals surface area contributed by atoms with Crippen molar-refractivity contribution in [3.63, 3.8) is 0 Å². The highest BCUT2D eigenvalue weighted by molar-refractivity contribution is 7.91. The lowest BCUT2D eigenvalue weighted by atomic mass is 10.1. The summed E-state index contributed by atoms with van der Waals surface area (Å²) >= 11 is 0. The van der Waals surface area contributed by atoms with Crippen LogP contribution in [0.4, 0.5) is 4.79 Å². The van der Waals surface area contributed by atoms with Gasteiger partial charge in [-0.3, -0.25) is 0 Å². The maximum atomic E-state index is 11.3. The Morgan fingerprint density at radius 1 is 1.41 bits per heavy atom. The molecule has 1 saturated heterocycles. The van der Waals surface area contributed by atoms with Crippen LogP contribution in [0.2, 0.25) is 0 Å². The van der Waals surface area contributed by atoms with E-state index < -0.39 is 32.1 Å². The third-order valence-corrected chi connectivity index (χ3v) is 5.09. The molecule has 1 aliphatic heterocycles. The van der Waals surface area contributed by atoms with Crippen LogP contribution >= 0.6 is 0 Å². The minimum atomic E-state index is -3.90. The SMILES string of the molecule is CC1CS(=O)(=O)CC1OC(=O)N(N)S(C)(=O)=O. The number of nitrogens with two attached hydrogens (primary N) is 1. The number of ether oxygens (including phenoxy) is 1. The quantitative estimate of drug-likeness (QED) is 0.379. The molecule has 17 heavy (non-hydrogen) atoms. The molecule has 8 nitrogen and oxygen atoms in total. The summed E-state index contributed by atoms with van der Waals surface area (Å²) < 4.78 is 49.1. The zero-order chi connectivity index (χ0) is 13.4. The Balaban J connectivity index is 2.72. The summed E-state index contributed by atoms with van der Waals surface area (Å²) in [6, 6.07) is 0. The summed E-state index contributed by atoms with van der Waals surface area (Å²) in [4.78, 5) is 11.3. The van der Waals surface area contributed by atoms with Gasteiger partial charge in [0.1, 0.15) is 6.10 Å². The van der Waals surface area contributed by atoms with E-state index in [2.05, 4.69) is 0 Å². The molecular weight excluding hydrogens is 272 g/mol. The molecule has 100 valence electrons. The number of sulfonamides is 1. The molecular formula is C7H14N2O6S2. The van der Waals surface area contributed by atoms with Crippen LogP contribution in [-0.4, -0.2) is 51.2 Å². The van der Waals surface area contributed by atoms with E-state index in [9.17, 15) is 21.6 Å². The average Bonchev–Trinajstić information content (AvgIpc) is 2.36. The second-order valence-electron chi connectivity index (χ2n) is 4.04. The molecule has 0 spiro atoms. The first kappa shape index (κ1) is 14.2. The van der Waals surface area contributed by atoms with Crippen LogP contribution in [0.1, 0.15) is 6.92 Å². The maximum absolute atomic E-state index is 11.3. The van der Waals surface area contributed by atoms with Gasteiger partial charge in [0.15, 0.2) is 9.84 Å². The predicted molar refractivity (Wildman–Crippen MR) is 59.0 cm³/mol. The Morgan fingerprint density at radius 2 is 1.94 bits per heavy atom. The normalized spacial score (nSPS) is 27.7. The lowest BCUT2D eigenvalue weighted by Crippen LogP contribution is -2.44. The highest BCUT2D eigenvalue weighted by Gasteiger charge is 2.38. The highest BCUT2D eigenvalue weighted by atomic mass is 32.2. The predicted octanol–water partition coefficient (Wildman–Crippen LogP) is -1.31. The number of amides is 1. The van der Waals surface area contributed by atoms with Crippen molar-refractivity contribution in [2.75, 3.05) is 17.8 Å². The van der Waals surface area contributed by atoms with E-state index in [0.29, 0.717) is 0 Å². The fourth-order valence-corrected chi connectivity index (χ4v) is 3.82. The van der Waals surface area contributed by atoms with Gasteiger partial charge in [0.2, 0.25) is 0 Å². The molecule has 1 heterocycles. The van der Waals surface area contributed by atoms with Crippen molar-refractivity contribution in [3.8, 4) is 0 Å². The van der Waals surface area contributed by atoms with E-state index in [1.807, 2.05) is 0 Å².